The number of Topliss-reactive ketones (excluding diaryl/α,β-unsaturated/α-hetero) is 2. The van der Waals surface area contributed by atoms with Crippen molar-refractivity contribution in [2.75, 3.05) is 31.1 Å². The number of para-hydroxylation sites is 1. The van der Waals surface area contributed by atoms with Crippen LogP contribution in [-0.4, -0.2) is 42.6 Å². The summed E-state index contributed by atoms with van der Waals surface area (Å²) in [6.45, 7) is 2.55. The van der Waals surface area contributed by atoms with Gasteiger partial charge in [0.05, 0.1) is 11.3 Å². The summed E-state index contributed by atoms with van der Waals surface area (Å²) in [4.78, 5) is 28.8. The zero-order valence-corrected chi connectivity index (χ0v) is 13.6. The number of anilines is 1. The van der Waals surface area contributed by atoms with Crippen LogP contribution in [0.5, 0.6) is 0 Å². The minimum absolute atomic E-state index is 0.211. The van der Waals surface area contributed by atoms with Crippen molar-refractivity contribution in [2.24, 2.45) is 0 Å². The van der Waals surface area contributed by atoms with Gasteiger partial charge in [-0.2, -0.15) is 0 Å². The first-order valence-corrected chi connectivity index (χ1v) is 8.29. The number of fused-ring (bicyclic) bond motifs is 1. The first-order valence-electron chi connectivity index (χ1n) is 8.29. The molecule has 4 nitrogen and oxygen atoms in total. The molecule has 0 aromatic heterocycles. The minimum Gasteiger partial charge on any atom is -0.373 e. The Labute approximate surface area is 145 Å². The van der Waals surface area contributed by atoms with Gasteiger partial charge in [-0.3, -0.25) is 9.59 Å². The number of hydrogen-bond acceptors (Lipinski definition) is 4. The molecule has 2 aromatic rings. The van der Waals surface area contributed by atoms with E-state index in [1.54, 1.807) is 42.6 Å². The predicted molar refractivity (Wildman–Crippen MR) is 93.4 cm³/mol. The zero-order valence-electron chi connectivity index (χ0n) is 13.6. The maximum absolute atomic E-state index is 13.9. The molecule has 0 bridgehead atoms. The van der Waals surface area contributed by atoms with Gasteiger partial charge in [0.1, 0.15) is 5.82 Å². The lowest BCUT2D eigenvalue weighted by Gasteiger charge is -2.35. The molecule has 0 spiro atoms. The van der Waals surface area contributed by atoms with Crippen molar-refractivity contribution >= 4 is 17.3 Å². The molecule has 0 amide bonds. The molecule has 1 fully saturated rings. The number of halogens is 1. The molecule has 1 aliphatic carbocycles. The Morgan fingerprint density at radius 3 is 1.96 bits per heavy atom. The van der Waals surface area contributed by atoms with Gasteiger partial charge in [0.25, 0.3) is 0 Å². The van der Waals surface area contributed by atoms with Crippen molar-refractivity contribution in [3.63, 3.8) is 0 Å². The van der Waals surface area contributed by atoms with E-state index in [1.165, 1.54) is 6.07 Å². The van der Waals surface area contributed by atoms with Crippen LogP contribution in [-0.2, 0) is 0 Å². The Morgan fingerprint density at radius 2 is 1.36 bits per heavy atom. The summed E-state index contributed by atoms with van der Waals surface area (Å²) in [6.07, 6.45) is 1.67. The zero-order chi connectivity index (χ0) is 17.4. The Morgan fingerprint density at radius 1 is 0.800 bits per heavy atom. The van der Waals surface area contributed by atoms with Gasteiger partial charge < -0.3 is 9.80 Å². The van der Waals surface area contributed by atoms with Crippen LogP contribution in [0, 0.1) is 5.82 Å². The first kappa shape index (κ1) is 15.6. The van der Waals surface area contributed by atoms with Gasteiger partial charge in [-0.1, -0.05) is 36.4 Å². The van der Waals surface area contributed by atoms with Crippen LogP contribution in [0.3, 0.4) is 0 Å². The molecule has 1 heterocycles. The molecule has 0 radical (unpaired) electrons. The van der Waals surface area contributed by atoms with Crippen LogP contribution >= 0.6 is 0 Å². The molecule has 126 valence electrons. The number of ketones is 2. The van der Waals surface area contributed by atoms with Gasteiger partial charge in [-0.25, -0.2) is 4.39 Å². The largest absolute Gasteiger partial charge is 0.373 e. The minimum atomic E-state index is -0.231. The average Bonchev–Trinajstić information content (AvgIpc) is 2.88. The number of benzene rings is 2. The molecule has 5 heteroatoms. The third-order valence-electron chi connectivity index (χ3n) is 4.72. The summed E-state index contributed by atoms with van der Waals surface area (Å²) >= 11 is 0. The van der Waals surface area contributed by atoms with Gasteiger partial charge in [-0.15, -0.1) is 0 Å². The summed E-state index contributed by atoms with van der Waals surface area (Å²) < 4.78 is 13.9. The maximum Gasteiger partial charge on any atom is 0.199 e. The second kappa shape index (κ2) is 6.16. The lowest BCUT2D eigenvalue weighted by atomic mass is 10.1. The fourth-order valence-electron chi connectivity index (χ4n) is 3.37. The third-order valence-corrected chi connectivity index (χ3v) is 4.72. The molecular formula is C20H17FN2O2. The standard InChI is InChI=1S/C20H17FN2O2/c21-17-7-3-4-8-18(17)23-11-9-22(10-12-23)13-16-19(24)14-5-1-2-6-15(14)20(16)25/h1-8,13H,9-12H2. The van der Waals surface area contributed by atoms with E-state index >= 15 is 0 Å². The van der Waals surface area contributed by atoms with Crippen LogP contribution in [0.15, 0.2) is 60.3 Å². The highest BCUT2D eigenvalue weighted by Gasteiger charge is 2.33. The Balaban J connectivity index is 1.49. The monoisotopic (exact) mass is 336 g/mol. The van der Waals surface area contributed by atoms with Crippen LogP contribution in [0.1, 0.15) is 20.7 Å². The van der Waals surface area contributed by atoms with Gasteiger partial charge in [-0.05, 0) is 12.1 Å². The van der Waals surface area contributed by atoms with E-state index in [-0.39, 0.29) is 23.0 Å². The summed E-state index contributed by atoms with van der Waals surface area (Å²) in [5.41, 5.74) is 1.77. The van der Waals surface area contributed by atoms with E-state index in [9.17, 15) is 14.0 Å². The first-order chi connectivity index (χ1) is 12.1. The van der Waals surface area contributed by atoms with Crippen molar-refractivity contribution in [3.05, 3.63) is 77.2 Å². The smallest absolute Gasteiger partial charge is 0.199 e. The molecule has 2 aliphatic rings. The Kier molecular flexibility index (Phi) is 3.84. The van der Waals surface area contributed by atoms with E-state index in [4.69, 9.17) is 0 Å². The Hall–Kier alpha value is -2.95. The van der Waals surface area contributed by atoms with E-state index < -0.39 is 0 Å². The van der Waals surface area contributed by atoms with Gasteiger partial charge >= 0.3 is 0 Å². The quantitative estimate of drug-likeness (QED) is 0.625. The summed E-state index contributed by atoms with van der Waals surface area (Å²) in [5, 5.41) is 0. The number of allylic oxidation sites excluding steroid dienone is 1. The molecule has 0 atom stereocenters. The molecule has 1 aliphatic heterocycles. The number of nitrogens with zero attached hydrogens (tertiary/aromatic N) is 2. The number of piperazine rings is 1. The normalized spacial score (nSPS) is 17.1. The Bertz CT molecular complexity index is 846. The van der Waals surface area contributed by atoms with Gasteiger partial charge in [0, 0.05) is 43.5 Å². The highest BCUT2D eigenvalue weighted by atomic mass is 19.1. The third kappa shape index (κ3) is 2.71. The number of hydrogen-bond donors (Lipinski definition) is 0. The number of carbonyl (C=O) groups excluding carboxylic acids is 2. The lowest BCUT2D eigenvalue weighted by molar-refractivity contribution is 0.0985. The molecule has 4 rings (SSSR count). The second-order valence-corrected chi connectivity index (χ2v) is 6.22. The van der Waals surface area contributed by atoms with Crippen molar-refractivity contribution in [3.8, 4) is 0 Å². The SMILES string of the molecule is O=C1C(=CN2CCN(c3ccccc3F)CC2)C(=O)c2ccccc21. The second-order valence-electron chi connectivity index (χ2n) is 6.22. The van der Waals surface area contributed by atoms with E-state index in [0.29, 0.717) is 43.0 Å². The molecule has 25 heavy (non-hydrogen) atoms. The van der Waals surface area contributed by atoms with Gasteiger partial charge in [0.2, 0.25) is 0 Å². The van der Waals surface area contributed by atoms with Crippen molar-refractivity contribution < 1.29 is 14.0 Å². The van der Waals surface area contributed by atoms with Crippen LogP contribution in [0.4, 0.5) is 10.1 Å². The summed E-state index contributed by atoms with van der Waals surface area (Å²) in [5.74, 6) is -0.653. The highest BCUT2D eigenvalue weighted by Crippen LogP contribution is 2.27. The molecular weight excluding hydrogens is 319 g/mol. The van der Waals surface area contributed by atoms with Crippen LogP contribution < -0.4 is 4.90 Å². The van der Waals surface area contributed by atoms with Crippen molar-refractivity contribution in [1.82, 2.24) is 4.90 Å². The van der Waals surface area contributed by atoms with Crippen molar-refractivity contribution in [2.45, 2.75) is 0 Å². The summed E-state index contributed by atoms with van der Waals surface area (Å²) in [6, 6.07) is 13.6. The van der Waals surface area contributed by atoms with Crippen LogP contribution in [0.25, 0.3) is 0 Å². The van der Waals surface area contributed by atoms with E-state index in [2.05, 4.69) is 0 Å². The number of carbonyl (C=O) groups is 2. The molecule has 0 unspecified atom stereocenters. The predicted octanol–water partition coefficient (Wildman–Crippen LogP) is 2.91. The fraction of sp³-hybridized carbons (Fsp3) is 0.200. The molecule has 0 N–H and O–H groups in total. The molecule has 1 saturated heterocycles. The van der Waals surface area contributed by atoms with Crippen molar-refractivity contribution in [1.29, 1.82) is 0 Å². The molecule has 2 aromatic carbocycles. The lowest BCUT2D eigenvalue weighted by Crippen LogP contribution is -2.44. The topological polar surface area (TPSA) is 40.6 Å². The maximum atomic E-state index is 13.9. The van der Waals surface area contributed by atoms with Gasteiger partial charge in [0.15, 0.2) is 11.6 Å². The highest BCUT2D eigenvalue weighted by molar-refractivity contribution is 6.39. The van der Waals surface area contributed by atoms with E-state index in [1.807, 2.05) is 15.9 Å². The average molecular weight is 336 g/mol. The van der Waals surface area contributed by atoms with Crippen LogP contribution in [0.2, 0.25) is 0 Å². The fourth-order valence-corrected chi connectivity index (χ4v) is 3.37. The molecule has 0 saturated carbocycles. The summed E-state index contributed by atoms with van der Waals surface area (Å²) in [7, 11) is 0. The van der Waals surface area contributed by atoms with E-state index in [0.717, 1.165) is 0 Å². The number of rotatable bonds is 2.